The molecule has 0 saturated heterocycles. The molecule has 0 fully saturated rings. The molecule has 0 bridgehead atoms. The van der Waals surface area contributed by atoms with Gasteiger partial charge in [0.1, 0.15) is 16.8 Å². The molecule has 0 spiro atoms. The molecule has 0 aliphatic heterocycles. The van der Waals surface area contributed by atoms with Crippen molar-refractivity contribution in [3.63, 3.8) is 0 Å². The highest BCUT2D eigenvalue weighted by molar-refractivity contribution is 7.14. The van der Waals surface area contributed by atoms with Crippen molar-refractivity contribution in [1.29, 1.82) is 5.26 Å². The van der Waals surface area contributed by atoms with Gasteiger partial charge < -0.3 is 9.73 Å². The second-order valence-electron chi connectivity index (χ2n) is 4.53. The largest absolute Gasteiger partial charge is 0.441 e. The number of carbonyl (C=O) groups is 1. The second kappa shape index (κ2) is 6.13. The maximum atomic E-state index is 12.1. The van der Waals surface area contributed by atoms with E-state index in [1.165, 1.54) is 11.3 Å². The molecule has 0 atom stereocenters. The maximum Gasteiger partial charge on any atom is 0.231 e. The monoisotopic (exact) mass is 329 g/mol. The zero-order valence-corrected chi connectivity index (χ0v) is 13.3. The van der Waals surface area contributed by atoms with Gasteiger partial charge in [-0.1, -0.05) is 0 Å². The lowest BCUT2D eigenvalue weighted by Gasteiger charge is -2.01. The Labute approximate surface area is 134 Å². The molecule has 1 N–H and O–H groups in total. The third-order valence-electron chi connectivity index (χ3n) is 3.03. The quantitative estimate of drug-likeness (QED) is 0.789. The number of thiophene rings is 2. The Morgan fingerprint density at radius 2 is 2.32 bits per heavy atom. The number of oxazole rings is 1. The molecule has 0 saturated carbocycles. The van der Waals surface area contributed by atoms with Crippen LogP contribution in [0.15, 0.2) is 32.7 Å². The standard InChI is InChI=1S/C15H11N3O2S2/c1-9-12(17-14(20-9)11-2-4-21-8-11)6-13(19)18-15-10(7-16)3-5-22-15/h2-5,8H,6H2,1H3,(H,18,19). The highest BCUT2D eigenvalue weighted by Gasteiger charge is 2.16. The van der Waals surface area contributed by atoms with Crippen molar-refractivity contribution in [2.75, 3.05) is 5.32 Å². The smallest absolute Gasteiger partial charge is 0.231 e. The van der Waals surface area contributed by atoms with Crippen molar-refractivity contribution in [2.45, 2.75) is 13.3 Å². The number of nitriles is 1. The van der Waals surface area contributed by atoms with Crippen molar-refractivity contribution in [3.05, 3.63) is 45.3 Å². The predicted octanol–water partition coefficient (Wildman–Crippen LogP) is 3.83. The number of rotatable bonds is 4. The number of nitrogens with one attached hydrogen (secondary N) is 1. The zero-order valence-electron chi connectivity index (χ0n) is 11.6. The van der Waals surface area contributed by atoms with Crippen molar-refractivity contribution in [2.24, 2.45) is 0 Å². The highest BCUT2D eigenvalue weighted by atomic mass is 32.1. The van der Waals surface area contributed by atoms with Crippen molar-refractivity contribution in [1.82, 2.24) is 4.98 Å². The van der Waals surface area contributed by atoms with Gasteiger partial charge in [-0.2, -0.15) is 16.6 Å². The highest BCUT2D eigenvalue weighted by Crippen LogP contribution is 2.25. The van der Waals surface area contributed by atoms with Gasteiger partial charge in [-0.15, -0.1) is 11.3 Å². The lowest BCUT2D eigenvalue weighted by atomic mass is 10.2. The van der Waals surface area contributed by atoms with Gasteiger partial charge in [0.05, 0.1) is 17.7 Å². The van der Waals surface area contributed by atoms with E-state index in [4.69, 9.17) is 9.68 Å². The van der Waals surface area contributed by atoms with E-state index in [1.807, 2.05) is 22.9 Å². The first-order valence-electron chi connectivity index (χ1n) is 6.43. The van der Waals surface area contributed by atoms with Crippen LogP contribution in [0.4, 0.5) is 5.00 Å². The number of aromatic nitrogens is 1. The summed E-state index contributed by atoms with van der Waals surface area (Å²) in [6.45, 7) is 1.79. The average molecular weight is 329 g/mol. The number of nitrogens with zero attached hydrogens (tertiary/aromatic N) is 2. The van der Waals surface area contributed by atoms with Gasteiger partial charge in [0, 0.05) is 10.9 Å². The normalized spacial score (nSPS) is 10.4. The van der Waals surface area contributed by atoms with Gasteiger partial charge in [-0.05, 0) is 29.8 Å². The van der Waals surface area contributed by atoms with Gasteiger partial charge in [-0.25, -0.2) is 4.98 Å². The summed E-state index contributed by atoms with van der Waals surface area (Å²) in [5, 5.41) is 17.9. The summed E-state index contributed by atoms with van der Waals surface area (Å²) >= 11 is 2.89. The molecule has 110 valence electrons. The van der Waals surface area contributed by atoms with E-state index in [-0.39, 0.29) is 12.3 Å². The molecule has 22 heavy (non-hydrogen) atoms. The van der Waals surface area contributed by atoms with Gasteiger partial charge in [-0.3, -0.25) is 4.79 Å². The zero-order chi connectivity index (χ0) is 15.5. The number of amides is 1. The minimum atomic E-state index is -0.216. The fourth-order valence-electron chi connectivity index (χ4n) is 1.92. The summed E-state index contributed by atoms with van der Waals surface area (Å²) in [7, 11) is 0. The molecule has 3 aromatic rings. The van der Waals surface area contributed by atoms with Gasteiger partial charge >= 0.3 is 0 Å². The second-order valence-corrected chi connectivity index (χ2v) is 6.23. The number of aryl methyl sites for hydroxylation is 1. The lowest BCUT2D eigenvalue weighted by Crippen LogP contribution is -2.15. The summed E-state index contributed by atoms with van der Waals surface area (Å²) in [6, 6.07) is 5.64. The van der Waals surface area contributed by atoms with E-state index in [1.54, 1.807) is 29.7 Å². The van der Waals surface area contributed by atoms with Crippen molar-refractivity contribution >= 4 is 33.6 Å². The van der Waals surface area contributed by atoms with Crippen LogP contribution < -0.4 is 5.32 Å². The molecule has 3 rings (SSSR count). The van der Waals surface area contributed by atoms with E-state index in [0.717, 1.165) is 5.56 Å². The topological polar surface area (TPSA) is 78.9 Å². The summed E-state index contributed by atoms with van der Waals surface area (Å²) in [5.41, 5.74) is 1.98. The SMILES string of the molecule is Cc1oc(-c2ccsc2)nc1CC(=O)Nc1sccc1C#N. The number of anilines is 1. The van der Waals surface area contributed by atoms with Crippen LogP contribution in [-0.4, -0.2) is 10.9 Å². The summed E-state index contributed by atoms with van der Waals surface area (Å²) < 4.78 is 5.61. The average Bonchev–Trinajstić information content (AvgIpc) is 3.21. The van der Waals surface area contributed by atoms with Crippen LogP contribution in [-0.2, 0) is 11.2 Å². The molecule has 0 unspecified atom stereocenters. The van der Waals surface area contributed by atoms with E-state index >= 15 is 0 Å². The number of carbonyl (C=O) groups excluding carboxylic acids is 1. The van der Waals surface area contributed by atoms with Crippen molar-refractivity contribution in [3.8, 4) is 17.5 Å². The van der Waals surface area contributed by atoms with Crippen LogP contribution in [0.25, 0.3) is 11.5 Å². The molecule has 5 nitrogen and oxygen atoms in total. The Balaban J connectivity index is 1.73. The molecular weight excluding hydrogens is 318 g/mol. The first-order chi connectivity index (χ1) is 10.7. The summed E-state index contributed by atoms with van der Waals surface area (Å²) in [4.78, 5) is 16.5. The van der Waals surface area contributed by atoms with Crippen LogP contribution in [0.1, 0.15) is 17.0 Å². The summed E-state index contributed by atoms with van der Waals surface area (Å²) in [6.07, 6.45) is 0.113. The van der Waals surface area contributed by atoms with E-state index in [2.05, 4.69) is 10.3 Å². The minimum Gasteiger partial charge on any atom is -0.441 e. The van der Waals surface area contributed by atoms with Gasteiger partial charge in [0.25, 0.3) is 0 Å². The molecule has 0 aliphatic carbocycles. The molecule has 1 amide bonds. The Morgan fingerprint density at radius 1 is 1.45 bits per heavy atom. The van der Waals surface area contributed by atoms with Crippen LogP contribution >= 0.6 is 22.7 Å². The fourth-order valence-corrected chi connectivity index (χ4v) is 3.30. The number of hydrogen-bond donors (Lipinski definition) is 1. The Hall–Kier alpha value is -2.43. The molecular formula is C15H11N3O2S2. The molecule has 3 aromatic heterocycles. The van der Waals surface area contributed by atoms with E-state index in [0.29, 0.717) is 27.9 Å². The van der Waals surface area contributed by atoms with E-state index < -0.39 is 0 Å². The Bertz CT molecular complexity index is 841. The number of hydrogen-bond acceptors (Lipinski definition) is 6. The first kappa shape index (κ1) is 14.5. The van der Waals surface area contributed by atoms with E-state index in [9.17, 15) is 4.79 Å². The van der Waals surface area contributed by atoms with Crippen molar-refractivity contribution < 1.29 is 9.21 Å². The third kappa shape index (κ3) is 2.93. The predicted molar refractivity (Wildman–Crippen MR) is 85.9 cm³/mol. The fraction of sp³-hybridized carbons (Fsp3) is 0.133. The van der Waals surface area contributed by atoms with Crippen LogP contribution in [0, 0.1) is 18.3 Å². The maximum absolute atomic E-state index is 12.1. The molecule has 0 aliphatic rings. The first-order valence-corrected chi connectivity index (χ1v) is 8.26. The molecule has 0 aromatic carbocycles. The summed E-state index contributed by atoms with van der Waals surface area (Å²) in [5.74, 6) is 0.936. The molecule has 3 heterocycles. The molecule has 0 radical (unpaired) electrons. The third-order valence-corrected chi connectivity index (χ3v) is 4.54. The lowest BCUT2D eigenvalue weighted by molar-refractivity contribution is -0.115. The van der Waals surface area contributed by atoms with Crippen LogP contribution in [0.3, 0.4) is 0 Å². The van der Waals surface area contributed by atoms with Crippen LogP contribution in [0.2, 0.25) is 0 Å². The Kier molecular flexibility index (Phi) is 4.04. The van der Waals surface area contributed by atoms with Crippen LogP contribution in [0.5, 0.6) is 0 Å². The van der Waals surface area contributed by atoms with Gasteiger partial charge in [0.15, 0.2) is 0 Å². The Morgan fingerprint density at radius 3 is 3.05 bits per heavy atom. The van der Waals surface area contributed by atoms with Gasteiger partial charge in [0.2, 0.25) is 11.8 Å². The molecule has 7 heteroatoms. The minimum absolute atomic E-state index is 0.113.